The first-order valence-electron chi connectivity index (χ1n) is 37.5. The van der Waals surface area contributed by atoms with E-state index in [0.29, 0.717) is 12.8 Å². The van der Waals surface area contributed by atoms with E-state index in [2.05, 4.69) is 104 Å². The van der Waals surface area contributed by atoms with E-state index in [9.17, 15) is 45.6 Å². The molecule has 532 valence electrons. The van der Waals surface area contributed by atoms with Gasteiger partial charge < -0.3 is 65.1 Å². The van der Waals surface area contributed by atoms with Crippen LogP contribution in [0.3, 0.4) is 0 Å². The molecule has 12 unspecified atom stereocenters. The average molecular weight is 1300 g/mol. The van der Waals surface area contributed by atoms with Gasteiger partial charge in [0.15, 0.2) is 12.6 Å². The molecule has 2 fully saturated rings. The summed E-state index contributed by atoms with van der Waals surface area (Å²) in [7, 11) is 0. The number of aliphatic hydroxyl groups is 8. The summed E-state index contributed by atoms with van der Waals surface area (Å²) in [6, 6.07) is -0.945. The minimum Gasteiger partial charge on any atom is -0.394 e. The van der Waals surface area contributed by atoms with Gasteiger partial charge in [0.2, 0.25) is 5.91 Å². The molecule has 92 heavy (non-hydrogen) atoms. The molecule has 2 aliphatic heterocycles. The molecule has 2 saturated heterocycles. The molecule has 2 rings (SSSR count). The molecule has 0 aromatic carbocycles. The van der Waals surface area contributed by atoms with Crippen molar-refractivity contribution in [2.75, 3.05) is 19.8 Å². The van der Waals surface area contributed by atoms with Gasteiger partial charge >= 0.3 is 0 Å². The topological polar surface area (TPSA) is 228 Å². The zero-order valence-corrected chi connectivity index (χ0v) is 58.0. The van der Waals surface area contributed by atoms with Crippen molar-refractivity contribution in [3.8, 4) is 0 Å². The number of carbonyl (C=O) groups excluding carboxylic acids is 1. The Morgan fingerprint density at radius 3 is 1.20 bits per heavy atom. The second kappa shape index (κ2) is 61.5. The van der Waals surface area contributed by atoms with Gasteiger partial charge in [-0.1, -0.05) is 297 Å². The molecular formula is C78H137NO13. The summed E-state index contributed by atoms with van der Waals surface area (Å²) in [5, 5.41) is 87.5. The van der Waals surface area contributed by atoms with Crippen LogP contribution >= 0.6 is 0 Å². The number of hydrogen-bond donors (Lipinski definition) is 9. The van der Waals surface area contributed by atoms with E-state index in [-0.39, 0.29) is 18.9 Å². The fourth-order valence-corrected chi connectivity index (χ4v) is 11.8. The number of aliphatic hydroxyl groups excluding tert-OH is 8. The summed E-state index contributed by atoms with van der Waals surface area (Å²) in [6.45, 7) is 2.69. The SMILES string of the molecule is CC/C=C\C/C=C\C/C=C\C/C=C\C/C=C\CCCCCCCCCCCCCCCCCC(=O)NC(COC1OC(CO)C(OC2OC(CO)C(O)C(O)C2O)C(O)C1O)C(O)/C=C/CC/C=C/CC/C=C/CCCCCCCCCCCCCCCCCCC. The van der Waals surface area contributed by atoms with Crippen LogP contribution < -0.4 is 5.32 Å². The monoisotopic (exact) mass is 1300 g/mol. The van der Waals surface area contributed by atoms with Crippen LogP contribution in [-0.4, -0.2) is 140 Å². The van der Waals surface area contributed by atoms with Crippen LogP contribution in [0.25, 0.3) is 0 Å². The van der Waals surface area contributed by atoms with Gasteiger partial charge in [0.05, 0.1) is 32.0 Å². The summed E-state index contributed by atoms with van der Waals surface area (Å²) in [6.07, 6.45) is 70.4. The second-order valence-electron chi connectivity index (χ2n) is 26.0. The molecule has 0 aromatic rings. The number of carbonyl (C=O) groups is 1. The third-order valence-corrected chi connectivity index (χ3v) is 17.7. The second-order valence-corrected chi connectivity index (χ2v) is 26.0. The van der Waals surface area contributed by atoms with Gasteiger partial charge in [-0.2, -0.15) is 0 Å². The third kappa shape index (κ3) is 44.6. The summed E-state index contributed by atoms with van der Waals surface area (Å²) in [4.78, 5) is 13.4. The molecule has 2 heterocycles. The highest BCUT2D eigenvalue weighted by Crippen LogP contribution is 2.30. The standard InChI is InChI=1S/C78H137NO13/c1-3-5-7-9-11-13-15-17-19-21-23-25-27-29-31-32-33-34-36-38-40-42-44-46-48-50-52-54-56-58-60-62-70(83)79-66(65-89-77-75(88)73(86)76(69(64-81)91-77)92-78-74(87)72(85)71(84)68(63-80)90-78)67(82)61-59-57-55-53-51-49-47-45-43-41-39-37-35-30-28-26-24-22-20-18-16-14-12-10-8-6-4-2/h5,7,11,13,17,19,23,25,29,31,43,45,51,53,59,61,66-69,71-78,80-82,84-88H,3-4,6,8-10,12,14-16,18,20-22,24,26-28,30,32-42,44,46-50,52,54-58,60,62-65H2,1-2H3,(H,79,83)/b7-5-,13-11-,19-17-,25-23-,31-29-,45-43+,53-51+,61-59+. The van der Waals surface area contributed by atoms with Crippen LogP contribution in [0.1, 0.15) is 296 Å². The van der Waals surface area contributed by atoms with Crippen molar-refractivity contribution in [1.29, 1.82) is 0 Å². The van der Waals surface area contributed by atoms with Crippen LogP contribution in [0.2, 0.25) is 0 Å². The van der Waals surface area contributed by atoms with Crippen molar-refractivity contribution in [3.05, 3.63) is 97.2 Å². The Morgan fingerprint density at radius 2 is 0.761 bits per heavy atom. The van der Waals surface area contributed by atoms with E-state index in [1.807, 2.05) is 6.08 Å². The van der Waals surface area contributed by atoms with Gasteiger partial charge in [-0.3, -0.25) is 4.79 Å². The molecule has 0 spiro atoms. The molecule has 9 N–H and O–H groups in total. The number of rotatable bonds is 61. The first-order valence-corrected chi connectivity index (χ1v) is 37.5. The summed E-state index contributed by atoms with van der Waals surface area (Å²) in [5.41, 5.74) is 0. The zero-order chi connectivity index (χ0) is 66.6. The lowest BCUT2D eigenvalue weighted by Crippen LogP contribution is -2.65. The summed E-state index contributed by atoms with van der Waals surface area (Å²) >= 11 is 0. The van der Waals surface area contributed by atoms with Crippen LogP contribution in [-0.2, 0) is 23.7 Å². The van der Waals surface area contributed by atoms with Crippen LogP contribution in [0.5, 0.6) is 0 Å². The van der Waals surface area contributed by atoms with Gasteiger partial charge in [0.1, 0.15) is 48.8 Å². The fraction of sp³-hybridized carbons (Fsp3) is 0.782. The molecule has 12 atom stereocenters. The van der Waals surface area contributed by atoms with Crippen molar-refractivity contribution in [3.63, 3.8) is 0 Å². The Labute approximate surface area is 560 Å². The summed E-state index contributed by atoms with van der Waals surface area (Å²) in [5.74, 6) is -0.254. The molecule has 0 saturated carbocycles. The van der Waals surface area contributed by atoms with Crippen molar-refractivity contribution < 1.29 is 64.6 Å². The molecule has 14 heteroatoms. The lowest BCUT2D eigenvalue weighted by molar-refractivity contribution is -0.359. The van der Waals surface area contributed by atoms with Gasteiger partial charge in [-0.05, 0) is 89.9 Å². The minimum atomic E-state index is -1.80. The highest BCUT2D eigenvalue weighted by Gasteiger charge is 2.51. The first kappa shape index (κ1) is 85.0. The number of amides is 1. The van der Waals surface area contributed by atoms with Gasteiger partial charge in [0.25, 0.3) is 0 Å². The van der Waals surface area contributed by atoms with Crippen molar-refractivity contribution >= 4 is 5.91 Å². The molecule has 14 nitrogen and oxygen atoms in total. The molecule has 2 aliphatic rings. The van der Waals surface area contributed by atoms with Crippen molar-refractivity contribution in [2.45, 2.75) is 370 Å². The molecule has 0 aromatic heterocycles. The number of hydrogen-bond acceptors (Lipinski definition) is 13. The Hall–Kier alpha value is -3.09. The highest BCUT2D eigenvalue weighted by atomic mass is 16.7. The Morgan fingerprint density at radius 1 is 0.402 bits per heavy atom. The molecule has 0 bridgehead atoms. The van der Waals surface area contributed by atoms with Crippen LogP contribution in [0, 0.1) is 0 Å². The van der Waals surface area contributed by atoms with E-state index in [1.165, 1.54) is 186 Å². The van der Waals surface area contributed by atoms with E-state index >= 15 is 0 Å². The Bertz CT molecular complexity index is 1920. The summed E-state index contributed by atoms with van der Waals surface area (Å²) < 4.78 is 22.9. The number of nitrogens with one attached hydrogen (secondary N) is 1. The van der Waals surface area contributed by atoms with Gasteiger partial charge in [-0.15, -0.1) is 0 Å². The molecule has 0 radical (unpaired) electrons. The molecular weight excluding hydrogens is 1160 g/mol. The smallest absolute Gasteiger partial charge is 0.220 e. The van der Waals surface area contributed by atoms with Gasteiger partial charge in [-0.25, -0.2) is 0 Å². The molecule has 1 amide bonds. The third-order valence-electron chi connectivity index (χ3n) is 17.7. The zero-order valence-electron chi connectivity index (χ0n) is 58.0. The predicted octanol–water partition coefficient (Wildman–Crippen LogP) is 16.1. The van der Waals surface area contributed by atoms with Crippen molar-refractivity contribution in [2.24, 2.45) is 0 Å². The fourth-order valence-electron chi connectivity index (χ4n) is 11.8. The number of ether oxygens (including phenoxy) is 4. The van der Waals surface area contributed by atoms with Crippen LogP contribution in [0.4, 0.5) is 0 Å². The maximum Gasteiger partial charge on any atom is 0.220 e. The van der Waals surface area contributed by atoms with E-state index < -0.39 is 86.8 Å². The maximum absolute atomic E-state index is 13.4. The normalized spacial score (nSPS) is 23.2. The van der Waals surface area contributed by atoms with E-state index in [4.69, 9.17) is 18.9 Å². The number of unbranched alkanes of at least 4 members (excludes halogenated alkanes) is 34. The Kier molecular flexibility index (Phi) is 56.8. The molecule has 0 aliphatic carbocycles. The van der Waals surface area contributed by atoms with Crippen LogP contribution in [0.15, 0.2) is 97.2 Å². The van der Waals surface area contributed by atoms with E-state index in [0.717, 1.165) is 77.0 Å². The predicted molar refractivity (Wildman–Crippen MR) is 378 cm³/mol. The largest absolute Gasteiger partial charge is 0.394 e. The van der Waals surface area contributed by atoms with Gasteiger partial charge in [0, 0.05) is 6.42 Å². The Balaban J connectivity index is 1.67. The quantitative estimate of drug-likeness (QED) is 0.0204. The minimum absolute atomic E-state index is 0.254. The number of allylic oxidation sites excluding steroid dienone is 15. The van der Waals surface area contributed by atoms with Crippen molar-refractivity contribution in [1.82, 2.24) is 5.32 Å². The lowest BCUT2D eigenvalue weighted by Gasteiger charge is -2.46. The highest BCUT2D eigenvalue weighted by molar-refractivity contribution is 5.76. The first-order chi connectivity index (χ1) is 45.1. The average Bonchev–Trinajstić information content (AvgIpc) is 0.844. The lowest BCUT2D eigenvalue weighted by atomic mass is 9.97. The van der Waals surface area contributed by atoms with E-state index in [1.54, 1.807) is 6.08 Å². The maximum atomic E-state index is 13.4.